The van der Waals surface area contributed by atoms with Gasteiger partial charge >= 0.3 is 0 Å². The molecule has 7 heteroatoms. The minimum atomic E-state index is -0.371. The van der Waals surface area contributed by atoms with Crippen LogP contribution in [0.1, 0.15) is 27.0 Å². The second kappa shape index (κ2) is 7.30. The molecule has 5 rings (SSSR count). The minimum Gasteiger partial charge on any atom is -0.463 e. The van der Waals surface area contributed by atoms with Crippen LogP contribution in [0.4, 0.5) is 11.4 Å². The summed E-state index contributed by atoms with van der Waals surface area (Å²) in [6.07, 6.45) is 5.85. The first kappa shape index (κ1) is 18.9. The predicted molar refractivity (Wildman–Crippen MR) is 116 cm³/mol. The van der Waals surface area contributed by atoms with E-state index in [0.29, 0.717) is 39.9 Å². The molecule has 5 N–H and O–H groups in total. The molecule has 0 saturated carbocycles. The van der Waals surface area contributed by atoms with Crippen molar-refractivity contribution in [3.8, 4) is 0 Å². The van der Waals surface area contributed by atoms with E-state index in [1.165, 1.54) is 6.07 Å². The maximum absolute atomic E-state index is 12.8. The zero-order valence-electron chi connectivity index (χ0n) is 16.4. The number of rotatable bonds is 3. The molecule has 0 fully saturated rings. The molecule has 1 aliphatic heterocycles. The summed E-state index contributed by atoms with van der Waals surface area (Å²) in [6, 6.07) is 12.2. The lowest BCUT2D eigenvalue weighted by Gasteiger charge is -2.12. The van der Waals surface area contributed by atoms with Gasteiger partial charge in [-0.1, -0.05) is 30.3 Å². The summed E-state index contributed by atoms with van der Waals surface area (Å²) >= 11 is 0. The summed E-state index contributed by atoms with van der Waals surface area (Å²) in [6.45, 7) is -0.269. The van der Waals surface area contributed by atoms with Crippen LogP contribution in [-0.4, -0.2) is 16.9 Å². The Labute approximate surface area is 177 Å². The lowest BCUT2D eigenvalue weighted by atomic mass is 10.0. The van der Waals surface area contributed by atoms with Crippen molar-refractivity contribution in [2.75, 3.05) is 11.1 Å². The highest BCUT2D eigenvalue weighted by atomic mass is 16.3. The molecule has 1 aromatic heterocycles. The second-order valence-electron chi connectivity index (χ2n) is 7.42. The molecule has 3 aromatic rings. The first-order chi connectivity index (χ1) is 15.0. The normalized spacial score (nSPS) is 16.0. The van der Waals surface area contributed by atoms with Crippen molar-refractivity contribution in [2.24, 2.45) is 0 Å². The molecule has 0 saturated heterocycles. The molecule has 0 bridgehead atoms. The number of hydrogen-bond acceptors (Lipinski definition) is 5. The third-order valence-corrected chi connectivity index (χ3v) is 5.46. The largest absolute Gasteiger partial charge is 0.463 e. The standard InChI is InChI=1S/C24H19N3O4/c25-15-7-5-13(11-28)19(9-15)23(29)26-16-8-6-14-12-31-22(18(14)10-16)21-17-3-1-2-4-20(17)27-24(21)30/h1-5,7-10,12,28H,6,11,25H2,(H,26,29)(H,27,30). The Balaban J connectivity index is 1.56. The Bertz CT molecular complexity index is 1400. The van der Waals surface area contributed by atoms with Gasteiger partial charge in [-0.2, -0.15) is 0 Å². The molecule has 0 spiro atoms. The zero-order valence-corrected chi connectivity index (χ0v) is 16.4. The van der Waals surface area contributed by atoms with Gasteiger partial charge in [0.25, 0.3) is 11.8 Å². The molecule has 7 nitrogen and oxygen atoms in total. The molecule has 1 aliphatic carbocycles. The number of carbonyl (C=O) groups is 2. The maximum Gasteiger partial charge on any atom is 0.260 e. The predicted octanol–water partition coefficient (Wildman–Crippen LogP) is 1.16. The number of aliphatic hydroxyl groups is 1. The molecule has 2 aromatic carbocycles. The van der Waals surface area contributed by atoms with Crippen LogP contribution >= 0.6 is 0 Å². The van der Waals surface area contributed by atoms with Gasteiger partial charge in [0, 0.05) is 39.0 Å². The van der Waals surface area contributed by atoms with E-state index in [1.54, 1.807) is 24.5 Å². The number of amides is 2. The number of nitrogen functional groups attached to an aromatic ring is 1. The van der Waals surface area contributed by atoms with Crippen LogP contribution in [-0.2, 0) is 17.8 Å². The summed E-state index contributed by atoms with van der Waals surface area (Å²) < 4.78 is 5.79. The van der Waals surface area contributed by atoms with E-state index in [4.69, 9.17) is 10.2 Å². The quantitative estimate of drug-likeness (QED) is 0.481. The molecule has 0 unspecified atom stereocenters. The van der Waals surface area contributed by atoms with Crippen molar-refractivity contribution < 1.29 is 19.1 Å². The summed E-state index contributed by atoms with van der Waals surface area (Å²) in [5, 5.41) is 16.0. The fourth-order valence-corrected chi connectivity index (χ4v) is 3.92. The summed E-state index contributed by atoms with van der Waals surface area (Å²) in [7, 11) is 0. The van der Waals surface area contributed by atoms with Gasteiger partial charge in [-0.25, -0.2) is 0 Å². The van der Waals surface area contributed by atoms with Crippen LogP contribution in [0.3, 0.4) is 0 Å². The van der Waals surface area contributed by atoms with Crippen molar-refractivity contribution in [3.63, 3.8) is 0 Å². The molecular formula is C24H19N3O4. The number of hydrogen-bond donors (Lipinski definition) is 4. The molecule has 31 heavy (non-hydrogen) atoms. The third-order valence-electron chi connectivity index (χ3n) is 5.46. The van der Waals surface area contributed by atoms with Gasteiger partial charge in [0.1, 0.15) is 5.42 Å². The number of nitrogens with one attached hydrogen (secondary N) is 2. The highest BCUT2D eigenvalue weighted by Gasteiger charge is 2.27. The fourth-order valence-electron chi connectivity index (χ4n) is 3.92. The fraction of sp³-hybridized carbons (Fsp3) is 0.0833. The Hall–Kier alpha value is -4.10. The Kier molecular flexibility index (Phi) is 4.45. The average Bonchev–Trinajstić information content (AvgIpc) is 3.32. The van der Waals surface area contributed by atoms with Crippen molar-refractivity contribution in [1.29, 1.82) is 0 Å². The number of aliphatic hydroxyl groups excluding tert-OH is 1. The molecule has 154 valence electrons. The first-order valence-electron chi connectivity index (χ1n) is 9.79. The lowest BCUT2D eigenvalue weighted by molar-refractivity contribution is -0.110. The van der Waals surface area contributed by atoms with E-state index in [-0.39, 0.29) is 18.4 Å². The highest BCUT2D eigenvalue weighted by molar-refractivity contribution is 6.31. The van der Waals surface area contributed by atoms with E-state index >= 15 is 0 Å². The Morgan fingerprint density at radius 2 is 2.06 bits per heavy atom. The maximum atomic E-state index is 12.8. The molecule has 2 heterocycles. The third kappa shape index (κ3) is 3.21. The number of anilines is 2. The smallest absolute Gasteiger partial charge is 0.260 e. The topological polar surface area (TPSA) is 118 Å². The van der Waals surface area contributed by atoms with E-state index < -0.39 is 0 Å². The average molecular weight is 413 g/mol. The Morgan fingerprint density at radius 1 is 1.23 bits per heavy atom. The molecule has 2 aliphatic rings. The monoisotopic (exact) mass is 413 g/mol. The van der Waals surface area contributed by atoms with Crippen LogP contribution < -0.4 is 27.0 Å². The van der Waals surface area contributed by atoms with Gasteiger partial charge < -0.3 is 25.9 Å². The van der Waals surface area contributed by atoms with E-state index in [1.807, 2.05) is 30.3 Å². The van der Waals surface area contributed by atoms with E-state index in [2.05, 4.69) is 10.6 Å². The lowest BCUT2D eigenvalue weighted by Crippen LogP contribution is -2.32. The first-order valence-corrected chi connectivity index (χ1v) is 9.79. The molecule has 0 radical (unpaired) electrons. The number of furan rings is 1. The van der Waals surface area contributed by atoms with E-state index in [0.717, 1.165) is 22.0 Å². The number of benzene rings is 2. The second-order valence-corrected chi connectivity index (χ2v) is 7.42. The number of para-hydroxylation sites is 1. The van der Waals surface area contributed by atoms with Gasteiger partial charge in [-0.15, -0.1) is 0 Å². The van der Waals surface area contributed by atoms with Crippen LogP contribution in [0.5, 0.6) is 0 Å². The SMILES string of the molecule is Nc1ccc(CO)c(C(=O)NC2=CCc3coc(=C4C(=O)Nc5ccccc54)c3=C2)c1. The van der Waals surface area contributed by atoms with Crippen molar-refractivity contribution in [2.45, 2.75) is 13.0 Å². The van der Waals surface area contributed by atoms with Gasteiger partial charge in [0.05, 0.1) is 18.4 Å². The number of nitrogens with two attached hydrogens (primary N) is 1. The molecule has 2 amide bonds. The van der Waals surface area contributed by atoms with Crippen molar-refractivity contribution in [1.82, 2.24) is 5.32 Å². The van der Waals surface area contributed by atoms with Crippen LogP contribution in [0.2, 0.25) is 0 Å². The highest BCUT2D eigenvalue weighted by Crippen LogP contribution is 2.29. The molecule has 0 atom stereocenters. The van der Waals surface area contributed by atoms with Gasteiger partial charge in [-0.05, 0) is 36.3 Å². The van der Waals surface area contributed by atoms with E-state index in [9.17, 15) is 14.7 Å². The van der Waals surface area contributed by atoms with Crippen LogP contribution in [0.15, 0.2) is 64.9 Å². The van der Waals surface area contributed by atoms with Gasteiger partial charge in [0.2, 0.25) is 0 Å². The van der Waals surface area contributed by atoms with Crippen molar-refractivity contribution >= 4 is 34.8 Å². The number of allylic oxidation sites excluding steroid dienone is 2. The summed E-state index contributed by atoms with van der Waals surface area (Å²) in [5.74, 6) is -0.594. The number of carbonyl (C=O) groups excluding carboxylic acids is 2. The minimum absolute atomic E-state index is 0.223. The van der Waals surface area contributed by atoms with Crippen molar-refractivity contribution in [3.05, 3.63) is 93.4 Å². The Morgan fingerprint density at radius 3 is 2.90 bits per heavy atom. The molecular weight excluding hydrogens is 394 g/mol. The van der Waals surface area contributed by atoms with Crippen LogP contribution in [0, 0.1) is 0 Å². The van der Waals surface area contributed by atoms with Gasteiger partial charge in [-0.3, -0.25) is 9.59 Å². The summed E-state index contributed by atoms with van der Waals surface area (Å²) in [5.41, 5.74) is 11.0. The van der Waals surface area contributed by atoms with Crippen LogP contribution in [0.25, 0.3) is 11.6 Å². The summed E-state index contributed by atoms with van der Waals surface area (Å²) in [4.78, 5) is 25.4. The zero-order chi connectivity index (χ0) is 21.5. The number of fused-ring (bicyclic) bond motifs is 2. The van der Waals surface area contributed by atoms with Gasteiger partial charge in [0.15, 0.2) is 0 Å².